The Morgan fingerprint density at radius 3 is 2.20 bits per heavy atom. The minimum atomic E-state index is -0.957. The van der Waals surface area contributed by atoms with Gasteiger partial charge in [0.1, 0.15) is 17.5 Å². The van der Waals surface area contributed by atoms with Gasteiger partial charge in [0.15, 0.2) is 6.10 Å². The van der Waals surface area contributed by atoms with Crippen LogP contribution in [0, 0.1) is 0 Å². The van der Waals surface area contributed by atoms with Gasteiger partial charge in [-0.1, -0.05) is 29.8 Å². The SMILES string of the molecule is COC(=O)c1ccc(CNCC(=O)OC(C)C(=O)c2ccc(Cl)cc2)c(NCc2ccc(OC3CCN(C(=O)OC(C)(C)C)CC3)cc2)c1. The van der Waals surface area contributed by atoms with Gasteiger partial charge in [0, 0.05) is 55.3 Å². The minimum absolute atomic E-state index is 0.00300. The molecule has 0 saturated carbocycles. The summed E-state index contributed by atoms with van der Waals surface area (Å²) in [7, 11) is 1.32. The lowest BCUT2D eigenvalue weighted by atomic mass is 10.1. The van der Waals surface area contributed by atoms with Crippen LogP contribution < -0.4 is 15.4 Å². The molecule has 3 aromatic rings. The van der Waals surface area contributed by atoms with Crippen molar-refractivity contribution in [1.29, 1.82) is 0 Å². The van der Waals surface area contributed by atoms with Gasteiger partial charge in [-0.2, -0.15) is 0 Å². The van der Waals surface area contributed by atoms with Crippen LogP contribution in [0.15, 0.2) is 66.7 Å². The molecule has 11 nitrogen and oxygen atoms in total. The second kappa shape index (κ2) is 17.2. The Morgan fingerprint density at radius 2 is 1.57 bits per heavy atom. The van der Waals surface area contributed by atoms with E-state index in [4.69, 9.17) is 30.5 Å². The fourth-order valence-corrected chi connectivity index (χ4v) is 5.26. The Kier molecular flexibility index (Phi) is 13.0. The Balaban J connectivity index is 1.28. The lowest BCUT2D eigenvalue weighted by Crippen LogP contribution is -2.44. The zero-order valence-electron chi connectivity index (χ0n) is 28.5. The van der Waals surface area contributed by atoms with Crippen molar-refractivity contribution in [2.75, 3.05) is 32.1 Å². The molecule has 1 unspecified atom stereocenters. The zero-order chi connectivity index (χ0) is 35.6. The van der Waals surface area contributed by atoms with Gasteiger partial charge in [-0.05, 0) is 87.4 Å². The number of nitrogens with one attached hydrogen (secondary N) is 2. The van der Waals surface area contributed by atoms with E-state index in [1.165, 1.54) is 14.0 Å². The van der Waals surface area contributed by atoms with Gasteiger partial charge in [-0.15, -0.1) is 0 Å². The molecule has 12 heteroatoms. The first kappa shape index (κ1) is 37.2. The van der Waals surface area contributed by atoms with Crippen LogP contribution in [0.25, 0.3) is 0 Å². The summed E-state index contributed by atoms with van der Waals surface area (Å²) in [5.41, 5.74) is 2.73. The number of carbonyl (C=O) groups is 4. The number of hydrogen-bond acceptors (Lipinski definition) is 10. The minimum Gasteiger partial charge on any atom is -0.490 e. The number of nitrogens with zero attached hydrogens (tertiary/aromatic N) is 1. The average molecular weight is 694 g/mol. The summed E-state index contributed by atoms with van der Waals surface area (Å²) in [6.45, 7) is 8.87. The number of Topliss-reactive ketones (excluding diaryl/α,β-unsaturated/α-hetero) is 1. The second-order valence-electron chi connectivity index (χ2n) is 12.8. The summed E-state index contributed by atoms with van der Waals surface area (Å²) in [5.74, 6) is -0.626. The van der Waals surface area contributed by atoms with Crippen molar-refractivity contribution in [2.24, 2.45) is 0 Å². The third-order valence-corrected chi connectivity index (χ3v) is 7.98. The molecular formula is C37H44ClN3O8. The van der Waals surface area contributed by atoms with Crippen LogP contribution in [0.1, 0.15) is 72.4 Å². The van der Waals surface area contributed by atoms with Crippen molar-refractivity contribution < 1.29 is 38.1 Å². The Bertz CT molecular complexity index is 1600. The van der Waals surface area contributed by atoms with Crippen LogP contribution in [0.5, 0.6) is 5.75 Å². The quantitative estimate of drug-likeness (QED) is 0.117. The fraction of sp³-hybridized carbons (Fsp3) is 0.405. The first-order chi connectivity index (χ1) is 23.3. The normalized spacial score (nSPS) is 14.0. The topological polar surface area (TPSA) is 132 Å². The van der Waals surface area contributed by atoms with Gasteiger partial charge in [0.2, 0.25) is 5.78 Å². The maximum Gasteiger partial charge on any atom is 0.410 e. The van der Waals surface area contributed by atoms with Crippen molar-refractivity contribution in [3.05, 3.63) is 94.0 Å². The monoisotopic (exact) mass is 693 g/mol. The zero-order valence-corrected chi connectivity index (χ0v) is 29.3. The molecule has 0 spiro atoms. The molecule has 262 valence electrons. The molecule has 1 fully saturated rings. The van der Waals surface area contributed by atoms with E-state index in [0.717, 1.165) is 16.9 Å². The number of likely N-dealkylation sites (tertiary alicyclic amines) is 1. The number of rotatable bonds is 13. The molecule has 1 atom stereocenters. The molecular weight excluding hydrogens is 650 g/mol. The number of hydrogen-bond donors (Lipinski definition) is 2. The van der Waals surface area contributed by atoms with E-state index in [-0.39, 0.29) is 31.1 Å². The number of piperidine rings is 1. The first-order valence-electron chi connectivity index (χ1n) is 16.2. The molecule has 0 aromatic heterocycles. The van der Waals surface area contributed by atoms with Crippen molar-refractivity contribution in [2.45, 2.75) is 71.4 Å². The van der Waals surface area contributed by atoms with E-state index >= 15 is 0 Å². The summed E-state index contributed by atoms with van der Waals surface area (Å²) in [4.78, 5) is 51.4. The van der Waals surface area contributed by atoms with Crippen molar-refractivity contribution in [3.8, 4) is 5.75 Å². The number of halogens is 1. The van der Waals surface area contributed by atoms with Gasteiger partial charge in [-0.25, -0.2) is 9.59 Å². The number of methoxy groups -OCH3 is 1. The molecule has 1 aliphatic heterocycles. The standard InChI is InChI=1S/C37H44ClN3O8/c1-24(34(43)26-10-12-29(38)13-11-26)47-33(42)23-39-22-28-9-8-27(35(44)46-5)20-32(28)40-21-25-6-14-30(15-7-25)48-31-16-18-41(19-17-31)36(45)49-37(2,3)4/h6-15,20,24,31,39-40H,16-19,21-23H2,1-5H3. The molecule has 0 aliphatic carbocycles. The number of carbonyl (C=O) groups excluding carboxylic acids is 4. The van der Waals surface area contributed by atoms with Crippen LogP contribution >= 0.6 is 11.6 Å². The maximum atomic E-state index is 12.6. The average Bonchev–Trinajstić information content (AvgIpc) is 3.07. The lowest BCUT2D eigenvalue weighted by molar-refractivity contribution is -0.145. The number of amides is 1. The number of benzene rings is 3. The lowest BCUT2D eigenvalue weighted by Gasteiger charge is -2.33. The molecule has 3 aromatic carbocycles. The summed E-state index contributed by atoms with van der Waals surface area (Å²) < 4.78 is 21.9. The molecule has 1 saturated heterocycles. The van der Waals surface area contributed by atoms with Crippen LogP contribution in [0.3, 0.4) is 0 Å². The van der Waals surface area contributed by atoms with Crippen LogP contribution in [-0.2, 0) is 32.1 Å². The molecule has 0 radical (unpaired) electrons. The third kappa shape index (κ3) is 11.5. The second-order valence-corrected chi connectivity index (χ2v) is 13.2. The van der Waals surface area contributed by atoms with Crippen LogP contribution in [-0.4, -0.2) is 73.3 Å². The number of ketones is 1. The van der Waals surface area contributed by atoms with Crippen LogP contribution in [0.4, 0.5) is 10.5 Å². The predicted molar refractivity (Wildman–Crippen MR) is 186 cm³/mol. The van der Waals surface area contributed by atoms with E-state index in [2.05, 4.69) is 10.6 Å². The first-order valence-corrected chi connectivity index (χ1v) is 16.6. The van der Waals surface area contributed by atoms with E-state index in [1.54, 1.807) is 47.4 Å². The summed E-state index contributed by atoms with van der Waals surface area (Å²) in [6.07, 6.45) is 0.182. The third-order valence-electron chi connectivity index (χ3n) is 7.72. The van der Waals surface area contributed by atoms with Crippen molar-refractivity contribution in [3.63, 3.8) is 0 Å². The maximum absolute atomic E-state index is 12.6. The summed E-state index contributed by atoms with van der Waals surface area (Å²) in [5, 5.41) is 6.94. The Hall–Kier alpha value is -4.61. The Morgan fingerprint density at radius 1 is 0.918 bits per heavy atom. The molecule has 4 rings (SSSR count). The number of anilines is 1. The smallest absolute Gasteiger partial charge is 0.410 e. The molecule has 1 heterocycles. The highest BCUT2D eigenvalue weighted by atomic mass is 35.5. The van der Waals surface area contributed by atoms with Gasteiger partial charge in [-0.3, -0.25) is 9.59 Å². The largest absolute Gasteiger partial charge is 0.490 e. The van der Waals surface area contributed by atoms with E-state index < -0.39 is 23.6 Å². The van der Waals surface area contributed by atoms with Gasteiger partial charge in [0.05, 0.1) is 19.2 Å². The molecule has 1 aliphatic rings. The van der Waals surface area contributed by atoms with Crippen LogP contribution in [0.2, 0.25) is 5.02 Å². The molecule has 49 heavy (non-hydrogen) atoms. The fourth-order valence-electron chi connectivity index (χ4n) is 5.14. The highest BCUT2D eigenvalue weighted by Crippen LogP contribution is 2.23. The summed E-state index contributed by atoms with van der Waals surface area (Å²) >= 11 is 5.89. The number of ether oxygens (including phenoxy) is 4. The molecule has 1 amide bonds. The Labute approximate surface area is 292 Å². The van der Waals surface area contributed by atoms with Crippen molar-refractivity contribution in [1.82, 2.24) is 10.2 Å². The van der Waals surface area contributed by atoms with Gasteiger partial charge in [0.25, 0.3) is 0 Å². The predicted octanol–water partition coefficient (Wildman–Crippen LogP) is 6.42. The highest BCUT2D eigenvalue weighted by molar-refractivity contribution is 6.30. The summed E-state index contributed by atoms with van der Waals surface area (Å²) in [6, 6.07) is 19.3. The van der Waals surface area contributed by atoms with E-state index in [0.29, 0.717) is 54.3 Å². The van der Waals surface area contributed by atoms with E-state index in [1.807, 2.05) is 45.0 Å². The van der Waals surface area contributed by atoms with Crippen molar-refractivity contribution >= 4 is 41.1 Å². The van der Waals surface area contributed by atoms with E-state index in [9.17, 15) is 19.2 Å². The molecule has 2 N–H and O–H groups in total. The highest BCUT2D eigenvalue weighted by Gasteiger charge is 2.27. The number of esters is 2. The molecule has 0 bridgehead atoms. The van der Waals surface area contributed by atoms with Gasteiger partial charge >= 0.3 is 18.0 Å². The van der Waals surface area contributed by atoms with Gasteiger partial charge < -0.3 is 34.5 Å².